The van der Waals surface area contributed by atoms with Crippen molar-refractivity contribution in [2.45, 2.75) is 18.6 Å². The van der Waals surface area contributed by atoms with Gasteiger partial charge in [-0.3, -0.25) is 0 Å². The average molecular weight is 108 g/mol. The zero-order chi connectivity index (χ0) is 5.21. The molecule has 0 N–H and O–H groups in total. The number of thiol groups is 1. The van der Waals surface area contributed by atoms with Crippen LogP contribution >= 0.6 is 12.6 Å². The molecule has 0 spiro atoms. The number of hydrogen-bond donors (Lipinski definition) is 1. The Bertz CT molecular complexity index is 37.3. The van der Waals surface area contributed by atoms with E-state index in [-0.39, 0.29) is 6.67 Å². The predicted octanol–water partition coefficient (Wildman–Crippen LogP) is 1.66. The first-order valence-corrected chi connectivity index (χ1v) is 2.29. The summed E-state index contributed by atoms with van der Waals surface area (Å²) in [4.78, 5) is 0. The van der Waals surface area contributed by atoms with Gasteiger partial charge in [-0.25, -0.2) is 4.39 Å². The van der Waals surface area contributed by atoms with E-state index in [9.17, 15) is 4.39 Å². The summed E-state index contributed by atoms with van der Waals surface area (Å²) in [6.07, 6.45) is 0. The van der Waals surface area contributed by atoms with Crippen LogP contribution in [0.1, 0.15) is 13.8 Å². The highest BCUT2D eigenvalue weighted by Gasteiger charge is 2.08. The van der Waals surface area contributed by atoms with Crippen molar-refractivity contribution in [2.75, 3.05) is 6.67 Å². The third-order valence-electron chi connectivity index (χ3n) is 0.327. The van der Waals surface area contributed by atoms with Gasteiger partial charge >= 0.3 is 0 Å². The Hall–Kier alpha value is 0.280. The van der Waals surface area contributed by atoms with Gasteiger partial charge in [0.05, 0.1) is 0 Å². The smallest absolute Gasteiger partial charge is 0.103 e. The quantitative estimate of drug-likeness (QED) is 0.485. The van der Waals surface area contributed by atoms with Crippen LogP contribution < -0.4 is 0 Å². The van der Waals surface area contributed by atoms with Gasteiger partial charge in [0.25, 0.3) is 0 Å². The second kappa shape index (κ2) is 1.82. The highest BCUT2D eigenvalue weighted by molar-refractivity contribution is 7.81. The Balaban J connectivity index is 3.17. The number of alkyl halides is 1. The lowest BCUT2D eigenvalue weighted by molar-refractivity contribution is 0.433. The molecule has 0 bridgehead atoms. The van der Waals surface area contributed by atoms with E-state index >= 15 is 0 Å². The summed E-state index contributed by atoms with van der Waals surface area (Å²) in [6, 6.07) is 0. The molecule has 0 aromatic heterocycles. The minimum absolute atomic E-state index is 0.365. The summed E-state index contributed by atoms with van der Waals surface area (Å²) >= 11 is 3.88. The van der Waals surface area contributed by atoms with Crippen molar-refractivity contribution in [1.82, 2.24) is 0 Å². The van der Waals surface area contributed by atoms with Crippen LogP contribution in [0.25, 0.3) is 0 Å². The minimum Gasteiger partial charge on any atom is -0.250 e. The molecule has 38 valence electrons. The van der Waals surface area contributed by atoms with Gasteiger partial charge in [0.2, 0.25) is 0 Å². The maximum atomic E-state index is 11.4. The Kier molecular flexibility index (Phi) is 1.91. The summed E-state index contributed by atoms with van der Waals surface area (Å²) < 4.78 is 11.0. The zero-order valence-corrected chi connectivity index (χ0v) is 4.93. The fourth-order valence-corrected chi connectivity index (χ4v) is 0. The molecule has 0 aliphatic heterocycles. The van der Waals surface area contributed by atoms with Crippen molar-refractivity contribution in [2.24, 2.45) is 0 Å². The van der Waals surface area contributed by atoms with Crippen LogP contribution in [0.15, 0.2) is 0 Å². The molecule has 0 rings (SSSR count). The molecule has 0 nitrogen and oxygen atoms in total. The molecule has 0 saturated heterocycles. The van der Waals surface area contributed by atoms with E-state index in [0.29, 0.717) is 0 Å². The van der Waals surface area contributed by atoms with Crippen LogP contribution in [-0.2, 0) is 0 Å². The number of hydrogen-bond acceptors (Lipinski definition) is 1. The molecular formula is C4H9FS. The largest absolute Gasteiger partial charge is 0.250 e. The Morgan fingerprint density at radius 3 is 1.83 bits per heavy atom. The van der Waals surface area contributed by atoms with Gasteiger partial charge < -0.3 is 0 Å². The van der Waals surface area contributed by atoms with Crippen molar-refractivity contribution >= 4 is 12.6 Å². The van der Waals surface area contributed by atoms with Gasteiger partial charge in [0, 0.05) is 4.75 Å². The van der Waals surface area contributed by atoms with Crippen molar-refractivity contribution < 1.29 is 4.39 Å². The van der Waals surface area contributed by atoms with Gasteiger partial charge in [-0.05, 0) is 13.8 Å². The molecule has 0 atom stereocenters. The molecule has 0 aromatic carbocycles. The van der Waals surface area contributed by atoms with Gasteiger partial charge in [-0.15, -0.1) is 0 Å². The molecular weight excluding hydrogens is 99.1 g/mol. The number of halogens is 1. The van der Waals surface area contributed by atoms with E-state index in [1.807, 2.05) is 0 Å². The summed E-state index contributed by atoms with van der Waals surface area (Å²) in [5.41, 5.74) is 0. The van der Waals surface area contributed by atoms with Crippen LogP contribution in [0.4, 0.5) is 4.39 Å². The molecule has 0 radical (unpaired) electrons. The van der Waals surface area contributed by atoms with Gasteiger partial charge in [-0.2, -0.15) is 12.6 Å². The van der Waals surface area contributed by atoms with Crippen molar-refractivity contribution in [3.8, 4) is 0 Å². The molecule has 0 unspecified atom stereocenters. The topological polar surface area (TPSA) is 0 Å². The second-order valence-electron chi connectivity index (χ2n) is 1.95. The first kappa shape index (κ1) is 6.28. The summed E-state index contributed by atoms with van der Waals surface area (Å²) in [7, 11) is 0. The Labute approximate surface area is 43.2 Å². The van der Waals surface area contributed by atoms with Gasteiger partial charge in [-0.1, -0.05) is 0 Å². The monoisotopic (exact) mass is 108 g/mol. The molecule has 0 heterocycles. The highest BCUT2D eigenvalue weighted by Crippen LogP contribution is 2.10. The normalized spacial score (nSPS) is 12.0. The molecule has 0 fully saturated rings. The third-order valence-corrected chi connectivity index (χ3v) is 0.447. The van der Waals surface area contributed by atoms with E-state index in [1.54, 1.807) is 13.8 Å². The fourth-order valence-electron chi connectivity index (χ4n) is 0. The first-order chi connectivity index (χ1) is 2.56. The van der Waals surface area contributed by atoms with Crippen LogP contribution in [0.3, 0.4) is 0 Å². The van der Waals surface area contributed by atoms with E-state index in [0.717, 1.165) is 0 Å². The lowest BCUT2D eigenvalue weighted by Gasteiger charge is -2.08. The summed E-state index contributed by atoms with van der Waals surface area (Å²) in [6.45, 7) is 3.10. The highest BCUT2D eigenvalue weighted by atomic mass is 32.1. The van der Waals surface area contributed by atoms with Gasteiger partial charge in [0.1, 0.15) is 6.67 Å². The van der Waals surface area contributed by atoms with E-state index in [2.05, 4.69) is 12.6 Å². The van der Waals surface area contributed by atoms with Crippen LogP contribution in [0.2, 0.25) is 0 Å². The van der Waals surface area contributed by atoms with Crippen LogP contribution in [-0.4, -0.2) is 11.4 Å². The molecule has 6 heavy (non-hydrogen) atoms. The molecule has 0 saturated carbocycles. The number of rotatable bonds is 1. The summed E-state index contributed by atoms with van der Waals surface area (Å²) in [5, 5.41) is 0. The minimum atomic E-state index is -0.431. The van der Waals surface area contributed by atoms with E-state index < -0.39 is 4.75 Å². The maximum Gasteiger partial charge on any atom is 0.103 e. The fraction of sp³-hybridized carbons (Fsp3) is 1.00. The van der Waals surface area contributed by atoms with Crippen LogP contribution in [0.5, 0.6) is 0 Å². The SMILES string of the molecule is CC(C)(S)CF. The lowest BCUT2D eigenvalue weighted by Crippen LogP contribution is -2.11. The lowest BCUT2D eigenvalue weighted by atomic mass is 10.2. The van der Waals surface area contributed by atoms with E-state index in [1.165, 1.54) is 0 Å². The van der Waals surface area contributed by atoms with E-state index in [4.69, 9.17) is 0 Å². The molecule has 0 aliphatic rings. The second-order valence-corrected chi connectivity index (χ2v) is 3.16. The standard InChI is InChI=1S/C4H9FS/c1-4(2,6)3-5/h6H,3H2,1-2H3. The third kappa shape index (κ3) is 4.28. The zero-order valence-electron chi connectivity index (χ0n) is 4.03. The van der Waals surface area contributed by atoms with Crippen LogP contribution in [0, 0.1) is 0 Å². The molecule has 2 heteroatoms. The molecule has 0 amide bonds. The first-order valence-electron chi connectivity index (χ1n) is 1.84. The molecule has 0 aliphatic carbocycles. The molecule has 0 aromatic rings. The predicted molar refractivity (Wildman–Crippen MR) is 29.0 cm³/mol. The van der Waals surface area contributed by atoms with Crippen molar-refractivity contribution in [1.29, 1.82) is 0 Å². The average Bonchev–Trinajstić information content (AvgIpc) is 1.35. The van der Waals surface area contributed by atoms with Crippen molar-refractivity contribution in [3.63, 3.8) is 0 Å². The Morgan fingerprint density at radius 1 is 1.67 bits per heavy atom. The van der Waals surface area contributed by atoms with Crippen molar-refractivity contribution in [3.05, 3.63) is 0 Å². The maximum absolute atomic E-state index is 11.4. The summed E-state index contributed by atoms with van der Waals surface area (Å²) in [5.74, 6) is 0. The van der Waals surface area contributed by atoms with Gasteiger partial charge in [0.15, 0.2) is 0 Å². The Morgan fingerprint density at radius 2 is 1.83 bits per heavy atom.